The highest BCUT2D eigenvalue weighted by molar-refractivity contribution is 5.97. The second-order valence-corrected chi connectivity index (χ2v) is 2.52. The molecule has 2 heteroatoms. The van der Waals surface area contributed by atoms with Gasteiger partial charge in [0.1, 0.15) is 0 Å². The van der Waals surface area contributed by atoms with Gasteiger partial charge in [-0.15, -0.1) is 6.58 Å². The predicted molar refractivity (Wildman–Crippen MR) is 60.6 cm³/mol. The maximum Gasteiger partial charge on any atom is 0.255 e. The molecule has 0 rings (SSSR count). The first kappa shape index (κ1) is 12.2. The van der Waals surface area contributed by atoms with Crippen molar-refractivity contribution in [2.75, 3.05) is 0 Å². The Hall–Kier alpha value is -1.83. The van der Waals surface area contributed by atoms with Crippen LogP contribution in [-0.4, -0.2) is 5.91 Å². The summed E-state index contributed by atoms with van der Waals surface area (Å²) in [5, 5.41) is 2.48. The summed E-state index contributed by atoms with van der Waals surface area (Å²) in [6.07, 6.45) is 6.76. The molecule has 0 aromatic rings. The number of carbonyl (C=O) groups is 1. The fraction of sp³-hybridized carbons (Fsp3) is 0.0833. The first-order valence-corrected chi connectivity index (χ1v) is 4.21. The van der Waals surface area contributed by atoms with Crippen molar-refractivity contribution in [1.29, 1.82) is 0 Å². The van der Waals surface area contributed by atoms with Crippen molar-refractivity contribution in [3.05, 3.63) is 61.9 Å². The zero-order chi connectivity index (χ0) is 11.0. The molecule has 0 aliphatic rings. The molecule has 1 amide bonds. The van der Waals surface area contributed by atoms with Crippen molar-refractivity contribution in [2.24, 2.45) is 0 Å². The minimum atomic E-state index is -0.230. The molecule has 0 aromatic carbocycles. The summed E-state index contributed by atoms with van der Waals surface area (Å²) in [6.45, 7) is 14.2. The average molecular weight is 189 g/mol. The third kappa shape index (κ3) is 3.27. The Kier molecular flexibility index (Phi) is 5.79. The summed E-state index contributed by atoms with van der Waals surface area (Å²) in [6, 6.07) is 0. The van der Waals surface area contributed by atoms with Crippen molar-refractivity contribution in [3.8, 4) is 0 Å². The summed E-state index contributed by atoms with van der Waals surface area (Å²) < 4.78 is 0. The van der Waals surface area contributed by atoms with E-state index in [0.717, 1.165) is 5.57 Å². The number of carbonyl (C=O) groups excluding carboxylic acids is 1. The molecule has 0 saturated carbocycles. The van der Waals surface area contributed by atoms with E-state index in [9.17, 15) is 4.79 Å². The lowest BCUT2D eigenvalue weighted by Gasteiger charge is -2.05. The Bertz CT molecular complexity index is 297. The second kappa shape index (κ2) is 6.66. The minimum Gasteiger partial charge on any atom is -0.329 e. The van der Waals surface area contributed by atoms with E-state index in [1.165, 1.54) is 12.3 Å². The number of rotatable bonds is 6. The van der Waals surface area contributed by atoms with Gasteiger partial charge in [0, 0.05) is 5.57 Å². The molecular formula is C12H15NO. The first-order valence-electron chi connectivity index (χ1n) is 4.21. The largest absolute Gasteiger partial charge is 0.329 e. The molecule has 0 bridgehead atoms. The highest BCUT2D eigenvalue weighted by Gasteiger charge is 2.07. The van der Waals surface area contributed by atoms with Gasteiger partial charge in [0.2, 0.25) is 0 Å². The lowest BCUT2D eigenvalue weighted by atomic mass is 10.0. The molecule has 0 saturated heterocycles. The van der Waals surface area contributed by atoms with Crippen LogP contribution in [0.1, 0.15) is 6.42 Å². The predicted octanol–water partition coefficient (Wildman–Crippen LogP) is 2.49. The number of allylic oxidation sites excluding steroid dienone is 3. The van der Waals surface area contributed by atoms with Crippen LogP contribution >= 0.6 is 0 Å². The van der Waals surface area contributed by atoms with E-state index < -0.39 is 0 Å². The molecule has 0 atom stereocenters. The third-order valence-corrected chi connectivity index (χ3v) is 1.64. The monoisotopic (exact) mass is 189 g/mol. The number of amides is 1. The van der Waals surface area contributed by atoms with Gasteiger partial charge in [-0.2, -0.15) is 0 Å². The molecule has 2 nitrogen and oxygen atoms in total. The van der Waals surface area contributed by atoms with Crippen LogP contribution < -0.4 is 5.32 Å². The Morgan fingerprint density at radius 2 is 1.79 bits per heavy atom. The molecule has 0 aromatic heterocycles. The van der Waals surface area contributed by atoms with Gasteiger partial charge in [0.25, 0.3) is 5.91 Å². The van der Waals surface area contributed by atoms with Crippen LogP contribution in [0.3, 0.4) is 0 Å². The van der Waals surface area contributed by atoms with Crippen molar-refractivity contribution in [2.45, 2.75) is 6.42 Å². The van der Waals surface area contributed by atoms with Gasteiger partial charge in [0.15, 0.2) is 0 Å². The van der Waals surface area contributed by atoms with Gasteiger partial charge < -0.3 is 5.32 Å². The maximum atomic E-state index is 11.5. The smallest absolute Gasteiger partial charge is 0.255 e. The van der Waals surface area contributed by atoms with E-state index in [2.05, 4.69) is 31.6 Å². The minimum absolute atomic E-state index is 0.230. The molecule has 0 spiro atoms. The second-order valence-electron chi connectivity index (χ2n) is 2.52. The highest BCUT2D eigenvalue weighted by atomic mass is 16.1. The van der Waals surface area contributed by atoms with Crippen LogP contribution in [0.4, 0.5) is 0 Å². The molecular weight excluding hydrogens is 174 g/mol. The van der Waals surface area contributed by atoms with Gasteiger partial charge in [-0.25, -0.2) is 0 Å². The van der Waals surface area contributed by atoms with Crippen LogP contribution in [-0.2, 0) is 4.79 Å². The summed E-state index contributed by atoms with van der Waals surface area (Å²) in [7, 11) is 0. The normalized spacial score (nSPS) is 10.9. The number of nitrogens with one attached hydrogen (secondary N) is 1. The SMILES string of the molecule is C=CCC(C=C)=C(C=C)C(=O)NC=C. The Balaban J connectivity index is 5.04. The molecule has 74 valence electrons. The fourth-order valence-electron chi connectivity index (χ4n) is 0.999. The first-order chi connectivity index (χ1) is 6.71. The number of hydrogen-bond donors (Lipinski definition) is 1. The lowest BCUT2D eigenvalue weighted by molar-refractivity contribution is -0.116. The highest BCUT2D eigenvalue weighted by Crippen LogP contribution is 2.12. The zero-order valence-electron chi connectivity index (χ0n) is 8.25. The van der Waals surface area contributed by atoms with Gasteiger partial charge in [-0.3, -0.25) is 4.79 Å². The van der Waals surface area contributed by atoms with Crippen LogP contribution in [0, 0.1) is 0 Å². The summed E-state index contributed by atoms with van der Waals surface area (Å²) in [5.41, 5.74) is 1.30. The molecule has 1 N–H and O–H groups in total. The third-order valence-electron chi connectivity index (χ3n) is 1.64. The average Bonchev–Trinajstić information content (AvgIpc) is 2.18. The molecule has 0 aliphatic heterocycles. The van der Waals surface area contributed by atoms with Crippen molar-refractivity contribution < 1.29 is 4.79 Å². The topological polar surface area (TPSA) is 29.1 Å². The van der Waals surface area contributed by atoms with Crippen LogP contribution in [0.15, 0.2) is 61.9 Å². The molecule has 0 aliphatic carbocycles. The Labute approximate surface area is 85.0 Å². The zero-order valence-corrected chi connectivity index (χ0v) is 8.25. The molecule has 14 heavy (non-hydrogen) atoms. The molecule has 0 heterocycles. The summed E-state index contributed by atoms with van der Waals surface area (Å²) in [5.74, 6) is -0.230. The van der Waals surface area contributed by atoms with Crippen LogP contribution in [0.25, 0.3) is 0 Å². The van der Waals surface area contributed by atoms with Gasteiger partial charge in [0.05, 0.1) is 0 Å². The maximum absolute atomic E-state index is 11.5. The summed E-state index contributed by atoms with van der Waals surface area (Å²) >= 11 is 0. The van der Waals surface area contributed by atoms with Gasteiger partial charge in [-0.05, 0) is 18.2 Å². The molecule has 0 fully saturated rings. The number of hydrogen-bond acceptors (Lipinski definition) is 1. The lowest BCUT2D eigenvalue weighted by Crippen LogP contribution is -2.19. The van der Waals surface area contributed by atoms with Crippen molar-refractivity contribution in [1.82, 2.24) is 5.32 Å². The Morgan fingerprint density at radius 3 is 2.14 bits per heavy atom. The molecule has 0 unspecified atom stereocenters. The van der Waals surface area contributed by atoms with E-state index in [1.807, 2.05) is 0 Å². The van der Waals surface area contributed by atoms with E-state index in [1.54, 1.807) is 12.2 Å². The Morgan fingerprint density at radius 1 is 1.14 bits per heavy atom. The van der Waals surface area contributed by atoms with E-state index >= 15 is 0 Å². The van der Waals surface area contributed by atoms with E-state index in [0.29, 0.717) is 12.0 Å². The summed E-state index contributed by atoms with van der Waals surface area (Å²) in [4.78, 5) is 11.5. The van der Waals surface area contributed by atoms with Crippen molar-refractivity contribution >= 4 is 5.91 Å². The van der Waals surface area contributed by atoms with Crippen molar-refractivity contribution in [3.63, 3.8) is 0 Å². The van der Waals surface area contributed by atoms with E-state index in [4.69, 9.17) is 0 Å². The fourth-order valence-corrected chi connectivity index (χ4v) is 0.999. The van der Waals surface area contributed by atoms with E-state index in [-0.39, 0.29) is 5.91 Å². The standard InChI is InChI=1S/C12H15NO/c1-5-9-10(6-2)11(7-3)12(14)13-8-4/h5-8H,1-4,9H2,(H,13,14). The van der Waals surface area contributed by atoms with Crippen LogP contribution in [0.2, 0.25) is 0 Å². The van der Waals surface area contributed by atoms with Crippen LogP contribution in [0.5, 0.6) is 0 Å². The van der Waals surface area contributed by atoms with Gasteiger partial charge >= 0.3 is 0 Å². The molecule has 0 radical (unpaired) electrons. The van der Waals surface area contributed by atoms with Gasteiger partial charge in [-0.1, -0.05) is 38.0 Å². The quantitative estimate of drug-likeness (QED) is 0.388.